The number of rotatable bonds is 4. The molecule has 1 unspecified atom stereocenters. The number of aromatic nitrogens is 3. The average molecular weight is 373 g/mol. The summed E-state index contributed by atoms with van der Waals surface area (Å²) in [6.07, 6.45) is 1.51. The quantitative estimate of drug-likeness (QED) is 0.772. The summed E-state index contributed by atoms with van der Waals surface area (Å²) < 4.78 is 18.1. The molecule has 1 amide bonds. The molecule has 9 heteroatoms. The summed E-state index contributed by atoms with van der Waals surface area (Å²) in [6, 6.07) is 5.47. The highest BCUT2D eigenvalue weighted by Gasteiger charge is 2.33. The van der Waals surface area contributed by atoms with E-state index in [1.165, 1.54) is 13.4 Å². The van der Waals surface area contributed by atoms with Gasteiger partial charge in [0.1, 0.15) is 32.2 Å². The van der Waals surface area contributed by atoms with E-state index in [2.05, 4.69) is 15.0 Å². The molecule has 1 aromatic heterocycles. The molecule has 2 aromatic rings. The van der Waals surface area contributed by atoms with Gasteiger partial charge in [-0.3, -0.25) is 4.79 Å². The summed E-state index contributed by atoms with van der Waals surface area (Å²) >= 11 is 0. The van der Waals surface area contributed by atoms with Crippen LogP contribution in [0.15, 0.2) is 24.5 Å². The second-order valence-electron chi connectivity index (χ2n) is 6.66. The first kappa shape index (κ1) is 17.7. The number of hydrogen-bond acceptors (Lipinski definition) is 7. The zero-order chi connectivity index (χ0) is 18.8. The minimum absolute atomic E-state index is 0.0488. The molecule has 27 heavy (non-hydrogen) atoms. The smallest absolute Gasteiger partial charge is 0.249 e. The van der Waals surface area contributed by atoms with Crippen LogP contribution >= 0.6 is 0 Å². The molecule has 9 nitrogen and oxygen atoms in total. The number of amides is 1. The molecule has 2 aliphatic heterocycles. The molecule has 0 aliphatic carbocycles. The molecule has 4 rings (SSSR count). The molecule has 0 spiro atoms. The molecule has 2 aliphatic rings. The molecule has 0 saturated carbocycles. The lowest BCUT2D eigenvalue weighted by Gasteiger charge is -2.39. The summed E-state index contributed by atoms with van der Waals surface area (Å²) in [5.74, 6) is 2.07. The molecule has 0 radical (unpaired) electrons. The van der Waals surface area contributed by atoms with E-state index in [4.69, 9.17) is 14.2 Å². The maximum Gasteiger partial charge on any atom is 0.249 e. The lowest BCUT2D eigenvalue weighted by atomic mass is 10.1. The largest absolute Gasteiger partial charge is 0.486 e. The molecule has 3 heterocycles. The lowest BCUT2D eigenvalue weighted by molar-refractivity contribution is -0.140. The molecular formula is C18H23N5O4. The SMILES string of the molecule is COCC(=O)N1CCN(C)CC1c1ncnn1-c1ccc2c(c1)OCCO2. The van der Waals surface area contributed by atoms with Crippen LogP contribution in [0.4, 0.5) is 0 Å². The zero-order valence-electron chi connectivity index (χ0n) is 15.5. The Hall–Kier alpha value is -2.65. The van der Waals surface area contributed by atoms with E-state index in [1.54, 1.807) is 4.68 Å². The second kappa shape index (κ2) is 7.53. The maximum absolute atomic E-state index is 12.5. The van der Waals surface area contributed by atoms with Crippen LogP contribution in [0.25, 0.3) is 5.69 Å². The number of benzene rings is 1. The average Bonchev–Trinajstić information content (AvgIpc) is 3.17. The minimum Gasteiger partial charge on any atom is -0.486 e. The standard InChI is InChI=1S/C18H23N5O4/c1-21-5-6-22(17(24)11-25-2)14(10-21)18-19-12-20-23(18)13-3-4-15-16(9-13)27-8-7-26-15/h3-4,9,12,14H,5-8,10-11H2,1-2H3. The number of piperazine rings is 1. The highest BCUT2D eigenvalue weighted by molar-refractivity contribution is 5.78. The number of hydrogen-bond donors (Lipinski definition) is 0. The van der Waals surface area contributed by atoms with Crippen molar-refractivity contribution in [1.29, 1.82) is 0 Å². The van der Waals surface area contributed by atoms with Gasteiger partial charge in [0.05, 0.1) is 5.69 Å². The van der Waals surface area contributed by atoms with Crippen molar-refractivity contribution in [3.8, 4) is 17.2 Å². The summed E-state index contributed by atoms with van der Waals surface area (Å²) in [6.45, 7) is 3.23. The molecular weight excluding hydrogens is 350 g/mol. The van der Waals surface area contributed by atoms with Crippen LogP contribution in [0, 0.1) is 0 Å². The molecule has 0 bridgehead atoms. The van der Waals surface area contributed by atoms with Crippen molar-refractivity contribution in [2.75, 3.05) is 53.6 Å². The van der Waals surface area contributed by atoms with Crippen LogP contribution in [0.5, 0.6) is 11.5 Å². The van der Waals surface area contributed by atoms with Crippen molar-refractivity contribution in [2.24, 2.45) is 0 Å². The van der Waals surface area contributed by atoms with E-state index in [1.807, 2.05) is 30.1 Å². The molecule has 144 valence electrons. The lowest BCUT2D eigenvalue weighted by Crippen LogP contribution is -2.51. The van der Waals surface area contributed by atoms with Crippen molar-refractivity contribution in [2.45, 2.75) is 6.04 Å². The predicted octanol–water partition coefficient (Wildman–Crippen LogP) is 0.500. The Kier molecular flexibility index (Phi) is 4.95. The molecule has 1 saturated heterocycles. The summed E-state index contributed by atoms with van der Waals surface area (Å²) in [4.78, 5) is 21.0. The normalized spacial score (nSPS) is 19.9. The minimum atomic E-state index is -0.206. The van der Waals surface area contributed by atoms with Crippen LogP contribution < -0.4 is 9.47 Å². The third kappa shape index (κ3) is 3.47. The van der Waals surface area contributed by atoms with Crippen molar-refractivity contribution >= 4 is 5.91 Å². The van der Waals surface area contributed by atoms with Gasteiger partial charge in [-0.2, -0.15) is 5.10 Å². The van der Waals surface area contributed by atoms with Crippen LogP contribution in [0.1, 0.15) is 11.9 Å². The number of fused-ring (bicyclic) bond motifs is 1. The topological polar surface area (TPSA) is 82.0 Å². The molecule has 1 aromatic carbocycles. The maximum atomic E-state index is 12.5. The van der Waals surface area contributed by atoms with Gasteiger partial charge in [0.15, 0.2) is 17.3 Å². The first-order chi connectivity index (χ1) is 13.2. The molecule has 0 N–H and O–H groups in total. The van der Waals surface area contributed by atoms with E-state index in [9.17, 15) is 4.79 Å². The third-order valence-electron chi connectivity index (χ3n) is 4.81. The summed E-state index contributed by atoms with van der Waals surface area (Å²) in [7, 11) is 3.57. The van der Waals surface area contributed by atoms with Crippen LogP contribution in [-0.4, -0.2) is 84.1 Å². The van der Waals surface area contributed by atoms with Gasteiger partial charge in [-0.15, -0.1) is 0 Å². The van der Waals surface area contributed by atoms with Crippen LogP contribution in [-0.2, 0) is 9.53 Å². The fraction of sp³-hybridized carbons (Fsp3) is 0.500. The van der Waals surface area contributed by atoms with Crippen LogP contribution in [0.2, 0.25) is 0 Å². The Morgan fingerprint density at radius 1 is 1.26 bits per heavy atom. The van der Waals surface area contributed by atoms with E-state index >= 15 is 0 Å². The highest BCUT2D eigenvalue weighted by atomic mass is 16.6. The Morgan fingerprint density at radius 2 is 2.07 bits per heavy atom. The van der Waals surface area contributed by atoms with Crippen molar-refractivity contribution in [1.82, 2.24) is 24.6 Å². The van der Waals surface area contributed by atoms with Crippen molar-refractivity contribution < 1.29 is 19.0 Å². The summed E-state index contributed by atoms with van der Waals surface area (Å²) in [5, 5.41) is 4.40. The number of carbonyl (C=O) groups is 1. The fourth-order valence-corrected chi connectivity index (χ4v) is 3.49. The fourth-order valence-electron chi connectivity index (χ4n) is 3.49. The molecule has 1 atom stereocenters. The van der Waals surface area contributed by atoms with Gasteiger partial charge in [0, 0.05) is 32.8 Å². The van der Waals surface area contributed by atoms with Gasteiger partial charge in [0.25, 0.3) is 0 Å². The number of likely N-dealkylation sites (N-methyl/N-ethyl adjacent to an activating group) is 1. The van der Waals surface area contributed by atoms with E-state index in [-0.39, 0.29) is 18.6 Å². The number of carbonyl (C=O) groups excluding carboxylic acids is 1. The van der Waals surface area contributed by atoms with E-state index in [0.717, 1.165) is 18.0 Å². The Balaban J connectivity index is 1.68. The van der Waals surface area contributed by atoms with Gasteiger partial charge in [-0.25, -0.2) is 9.67 Å². The van der Waals surface area contributed by atoms with Crippen LogP contribution in [0.3, 0.4) is 0 Å². The number of ether oxygens (including phenoxy) is 3. The number of nitrogens with zero attached hydrogens (tertiary/aromatic N) is 5. The Labute approximate surface area is 157 Å². The Morgan fingerprint density at radius 3 is 2.89 bits per heavy atom. The van der Waals surface area contributed by atoms with Crippen molar-refractivity contribution in [3.05, 3.63) is 30.4 Å². The molecule has 1 fully saturated rings. The first-order valence-corrected chi connectivity index (χ1v) is 8.94. The second-order valence-corrected chi connectivity index (χ2v) is 6.66. The van der Waals surface area contributed by atoms with Gasteiger partial charge in [0.2, 0.25) is 5.91 Å². The van der Waals surface area contributed by atoms with E-state index < -0.39 is 0 Å². The Bertz CT molecular complexity index is 824. The van der Waals surface area contributed by atoms with E-state index in [0.29, 0.717) is 37.9 Å². The van der Waals surface area contributed by atoms with Crippen molar-refractivity contribution in [3.63, 3.8) is 0 Å². The first-order valence-electron chi connectivity index (χ1n) is 8.94. The van der Waals surface area contributed by atoms with Gasteiger partial charge in [-0.05, 0) is 19.2 Å². The summed E-state index contributed by atoms with van der Waals surface area (Å²) in [5.41, 5.74) is 0.819. The predicted molar refractivity (Wildman–Crippen MR) is 96.2 cm³/mol. The monoisotopic (exact) mass is 373 g/mol. The highest BCUT2D eigenvalue weighted by Crippen LogP contribution is 2.33. The zero-order valence-corrected chi connectivity index (χ0v) is 15.5. The van der Waals surface area contributed by atoms with Gasteiger partial charge < -0.3 is 24.0 Å². The number of methoxy groups -OCH3 is 1. The van der Waals surface area contributed by atoms with Gasteiger partial charge in [-0.1, -0.05) is 0 Å². The third-order valence-corrected chi connectivity index (χ3v) is 4.81. The van der Waals surface area contributed by atoms with Gasteiger partial charge >= 0.3 is 0 Å².